The molecule has 2 aliphatic heterocycles. The topological polar surface area (TPSA) is 52.9 Å². The highest BCUT2D eigenvalue weighted by Crippen LogP contribution is 2.36. The summed E-state index contributed by atoms with van der Waals surface area (Å²) in [5, 5.41) is 0. The van der Waals surface area contributed by atoms with Crippen LogP contribution < -0.4 is 5.59 Å². The first-order valence-corrected chi connectivity index (χ1v) is 8.91. The van der Waals surface area contributed by atoms with Crippen molar-refractivity contribution in [3.8, 4) is 0 Å². The molecule has 0 bridgehead atoms. The van der Waals surface area contributed by atoms with E-state index in [4.69, 9.17) is 14.0 Å². The summed E-state index contributed by atoms with van der Waals surface area (Å²) in [6.07, 6.45) is -0.267. The summed E-state index contributed by atoms with van der Waals surface area (Å²) in [5.74, 6) is 0. The molecule has 6 nitrogen and oxygen atoms in total. The van der Waals surface area contributed by atoms with Gasteiger partial charge < -0.3 is 23.5 Å². The van der Waals surface area contributed by atoms with Crippen molar-refractivity contribution in [1.29, 1.82) is 0 Å². The first-order chi connectivity index (χ1) is 11.4. The molecule has 3 heterocycles. The lowest BCUT2D eigenvalue weighted by molar-refractivity contribution is 0.00578. The largest absolute Gasteiger partial charge is 0.512 e. The second-order valence-corrected chi connectivity index (χ2v) is 8.89. The van der Waals surface area contributed by atoms with Crippen molar-refractivity contribution >= 4 is 18.8 Å². The van der Waals surface area contributed by atoms with Crippen LogP contribution >= 0.6 is 0 Å². The van der Waals surface area contributed by atoms with Crippen molar-refractivity contribution in [2.75, 3.05) is 6.54 Å². The van der Waals surface area contributed by atoms with Gasteiger partial charge in [0.05, 0.1) is 17.7 Å². The molecule has 0 spiro atoms. The van der Waals surface area contributed by atoms with E-state index >= 15 is 0 Å². The van der Waals surface area contributed by atoms with Crippen LogP contribution in [-0.2, 0) is 27.1 Å². The average Bonchev–Trinajstić information content (AvgIpc) is 2.95. The number of hydrogen-bond donors (Lipinski definition) is 0. The Kier molecular flexibility index (Phi) is 4.24. The molecule has 0 aliphatic carbocycles. The number of aromatic nitrogens is 1. The Labute approximate surface area is 150 Å². The monoisotopic (exact) mass is 348 g/mol. The van der Waals surface area contributed by atoms with Crippen LogP contribution in [0.5, 0.6) is 0 Å². The Hall–Kier alpha value is -1.47. The summed E-state index contributed by atoms with van der Waals surface area (Å²) < 4.78 is 20.0. The third-order valence-corrected chi connectivity index (χ3v) is 5.20. The van der Waals surface area contributed by atoms with E-state index in [0.29, 0.717) is 19.6 Å². The van der Waals surface area contributed by atoms with Crippen LogP contribution in [0.25, 0.3) is 0 Å². The Morgan fingerprint density at radius 3 is 2.28 bits per heavy atom. The third kappa shape index (κ3) is 3.44. The first-order valence-electron chi connectivity index (χ1n) is 8.91. The zero-order valence-corrected chi connectivity index (χ0v) is 16.4. The molecule has 3 rings (SSSR count). The van der Waals surface area contributed by atoms with Gasteiger partial charge in [-0.25, -0.2) is 4.79 Å². The van der Waals surface area contributed by atoms with E-state index in [-0.39, 0.29) is 24.4 Å². The Balaban J connectivity index is 1.75. The second-order valence-electron chi connectivity index (χ2n) is 8.89. The maximum absolute atomic E-state index is 12.3. The van der Waals surface area contributed by atoms with E-state index in [1.807, 2.05) is 32.9 Å². The maximum Gasteiger partial charge on any atom is 0.512 e. The predicted octanol–water partition coefficient (Wildman–Crippen LogP) is 2.54. The number of amides is 1. The highest BCUT2D eigenvalue weighted by atomic mass is 16.7. The minimum absolute atomic E-state index is 0.267. The van der Waals surface area contributed by atoms with Crippen LogP contribution in [0.15, 0.2) is 12.1 Å². The van der Waals surface area contributed by atoms with Crippen molar-refractivity contribution in [3.63, 3.8) is 0 Å². The lowest BCUT2D eigenvalue weighted by atomic mass is 9.84. The molecule has 1 aromatic heterocycles. The molecule has 0 saturated carbocycles. The van der Waals surface area contributed by atoms with E-state index in [0.717, 1.165) is 11.3 Å². The maximum atomic E-state index is 12.3. The molecular formula is C18H29BN2O4. The van der Waals surface area contributed by atoms with E-state index in [1.54, 1.807) is 4.90 Å². The predicted molar refractivity (Wildman–Crippen MR) is 96.8 cm³/mol. The van der Waals surface area contributed by atoms with Crippen molar-refractivity contribution in [2.24, 2.45) is 0 Å². The molecule has 0 N–H and O–H groups in total. The number of rotatable bonds is 1. The van der Waals surface area contributed by atoms with Gasteiger partial charge in [0, 0.05) is 24.4 Å². The number of carbonyl (C=O) groups excluding carboxylic acids is 1. The van der Waals surface area contributed by atoms with Crippen LogP contribution in [0.2, 0.25) is 0 Å². The Morgan fingerprint density at radius 1 is 1.12 bits per heavy atom. The van der Waals surface area contributed by atoms with Crippen LogP contribution in [0.3, 0.4) is 0 Å². The molecule has 2 aliphatic rings. The van der Waals surface area contributed by atoms with Gasteiger partial charge in [-0.15, -0.1) is 0 Å². The van der Waals surface area contributed by atoms with E-state index in [9.17, 15) is 4.79 Å². The van der Waals surface area contributed by atoms with E-state index in [1.165, 1.54) is 0 Å². The molecule has 0 aromatic carbocycles. The van der Waals surface area contributed by atoms with Crippen LogP contribution in [0, 0.1) is 0 Å². The SMILES string of the molecule is CC(C)(C)OC(=O)N1CCn2c(ccc2B2OC(C)(C)C(C)(C)O2)C1. The summed E-state index contributed by atoms with van der Waals surface area (Å²) in [4.78, 5) is 14.0. The van der Waals surface area contributed by atoms with Crippen molar-refractivity contribution in [1.82, 2.24) is 9.47 Å². The standard InChI is InChI=1S/C18H29BN2O4/c1-16(2,3)23-15(22)20-10-11-21-13(12-20)8-9-14(21)19-24-17(4,5)18(6,7)25-19/h8-9H,10-12H2,1-7H3. The molecule has 138 valence electrons. The summed E-state index contributed by atoms with van der Waals surface area (Å²) in [6, 6.07) is 4.08. The van der Waals surface area contributed by atoms with Gasteiger partial charge in [0.1, 0.15) is 5.60 Å². The van der Waals surface area contributed by atoms with Gasteiger partial charge in [0.25, 0.3) is 0 Å². The fourth-order valence-corrected chi connectivity index (χ4v) is 3.09. The quantitative estimate of drug-likeness (QED) is 0.732. The summed E-state index contributed by atoms with van der Waals surface area (Å²) in [6.45, 7) is 15.7. The lowest BCUT2D eigenvalue weighted by Crippen LogP contribution is -2.46. The first kappa shape index (κ1) is 18.3. The molecule has 1 saturated heterocycles. The third-order valence-electron chi connectivity index (χ3n) is 5.20. The second kappa shape index (κ2) is 5.78. The van der Waals surface area contributed by atoms with E-state index in [2.05, 4.69) is 32.3 Å². The molecule has 0 unspecified atom stereocenters. The van der Waals surface area contributed by atoms with Crippen molar-refractivity contribution in [3.05, 3.63) is 17.8 Å². The van der Waals surface area contributed by atoms with Gasteiger partial charge in [-0.2, -0.15) is 0 Å². The summed E-state index contributed by atoms with van der Waals surface area (Å²) in [7, 11) is -0.383. The van der Waals surface area contributed by atoms with Crippen LogP contribution in [0.1, 0.15) is 54.2 Å². The molecule has 0 radical (unpaired) electrons. The smallest absolute Gasteiger partial charge is 0.444 e. The van der Waals surface area contributed by atoms with Gasteiger partial charge in [-0.1, -0.05) is 0 Å². The highest BCUT2D eigenvalue weighted by molar-refractivity contribution is 6.61. The summed E-state index contributed by atoms with van der Waals surface area (Å²) >= 11 is 0. The van der Waals surface area contributed by atoms with Gasteiger partial charge in [-0.3, -0.25) is 0 Å². The van der Waals surface area contributed by atoms with Gasteiger partial charge in [0.2, 0.25) is 0 Å². The number of carbonyl (C=O) groups is 1. The lowest BCUT2D eigenvalue weighted by Gasteiger charge is -2.32. The number of nitrogens with zero attached hydrogens (tertiary/aromatic N) is 2. The molecule has 1 amide bonds. The molecule has 25 heavy (non-hydrogen) atoms. The highest BCUT2D eigenvalue weighted by Gasteiger charge is 2.52. The molecule has 1 fully saturated rings. The van der Waals surface area contributed by atoms with Gasteiger partial charge in [-0.05, 0) is 60.6 Å². The fraction of sp³-hybridized carbons (Fsp3) is 0.722. The minimum Gasteiger partial charge on any atom is -0.444 e. The molecule has 7 heteroatoms. The molecule has 0 atom stereocenters. The van der Waals surface area contributed by atoms with Crippen LogP contribution in [-0.4, -0.2) is 46.0 Å². The van der Waals surface area contributed by atoms with Gasteiger partial charge in [0.15, 0.2) is 0 Å². The zero-order chi connectivity index (χ0) is 18.6. The minimum atomic E-state index is -0.482. The number of hydrogen-bond acceptors (Lipinski definition) is 4. The molecular weight excluding hydrogens is 319 g/mol. The number of ether oxygens (including phenoxy) is 1. The molecule has 1 aromatic rings. The Bertz CT molecular complexity index is 659. The fourth-order valence-electron chi connectivity index (χ4n) is 3.09. The van der Waals surface area contributed by atoms with Crippen LogP contribution in [0.4, 0.5) is 4.79 Å². The van der Waals surface area contributed by atoms with E-state index < -0.39 is 5.60 Å². The normalized spacial score (nSPS) is 22.0. The summed E-state index contributed by atoms with van der Waals surface area (Å²) in [5.41, 5.74) is 0.878. The number of fused-ring (bicyclic) bond motifs is 1. The Morgan fingerprint density at radius 2 is 1.72 bits per heavy atom. The van der Waals surface area contributed by atoms with Crippen molar-refractivity contribution in [2.45, 2.75) is 78.4 Å². The average molecular weight is 348 g/mol. The zero-order valence-electron chi connectivity index (χ0n) is 16.4. The van der Waals surface area contributed by atoms with Crippen molar-refractivity contribution < 1.29 is 18.8 Å². The van der Waals surface area contributed by atoms with Gasteiger partial charge >= 0.3 is 13.2 Å².